The molecule has 0 N–H and O–H groups in total. The second-order valence-corrected chi connectivity index (χ2v) is 9.36. The molecule has 3 saturated heterocycles. The van der Waals surface area contributed by atoms with Gasteiger partial charge in [-0.25, -0.2) is 0 Å². The first kappa shape index (κ1) is 16.8. The van der Waals surface area contributed by atoms with E-state index >= 15 is 0 Å². The summed E-state index contributed by atoms with van der Waals surface area (Å²) in [4.78, 5) is 28.8. The molecule has 0 aromatic rings. The lowest BCUT2D eigenvalue weighted by Crippen LogP contribution is -2.50. The predicted molar refractivity (Wildman–Crippen MR) is 91.1 cm³/mol. The van der Waals surface area contributed by atoms with Gasteiger partial charge in [-0.3, -0.25) is 14.4 Å². The van der Waals surface area contributed by atoms with E-state index in [9.17, 15) is 9.59 Å². The number of carbonyl (C=O) groups is 2. The number of fused-ring (bicyclic) bond motifs is 12. The maximum Gasteiger partial charge on any atom is 0.260 e. The Balaban J connectivity index is 1.57. The van der Waals surface area contributed by atoms with E-state index in [0.717, 1.165) is 5.06 Å². The highest BCUT2D eigenvalue weighted by Crippen LogP contribution is 2.75. The summed E-state index contributed by atoms with van der Waals surface area (Å²) < 4.78 is 6.05. The molecule has 3 heterocycles. The SMILES string of the molecule is C=CCON1C(=O)[C@@H]2[C@H]3O[C@H]([C@@H]2C1=O)[C@@H]1[C@@H]3[C@]2(Cl)C[C@]1(Cl)C(Cl)=C2Cl. The Hall–Kier alpha value is -0.300. The summed E-state index contributed by atoms with van der Waals surface area (Å²) in [5.41, 5.74) is 0. The van der Waals surface area contributed by atoms with Crippen molar-refractivity contribution in [3.05, 3.63) is 22.7 Å². The molecule has 0 spiro atoms. The average molecular weight is 425 g/mol. The number of hydrogen-bond acceptors (Lipinski definition) is 4. The van der Waals surface area contributed by atoms with Crippen LogP contribution in [0.25, 0.3) is 0 Å². The van der Waals surface area contributed by atoms with Gasteiger partial charge in [-0.1, -0.05) is 29.3 Å². The van der Waals surface area contributed by atoms with Crippen LogP contribution in [-0.4, -0.2) is 45.4 Å². The summed E-state index contributed by atoms with van der Waals surface area (Å²) in [5.74, 6) is -2.57. The quantitative estimate of drug-likeness (QED) is 0.397. The zero-order valence-corrected chi connectivity index (χ0v) is 15.8. The maximum atomic E-state index is 12.7. The van der Waals surface area contributed by atoms with Crippen molar-refractivity contribution in [2.75, 3.05) is 6.61 Å². The van der Waals surface area contributed by atoms with E-state index in [1.807, 2.05) is 0 Å². The lowest BCUT2D eigenvalue weighted by molar-refractivity contribution is -0.189. The number of hydroxylamine groups is 2. The van der Waals surface area contributed by atoms with Crippen LogP contribution in [0.3, 0.4) is 0 Å². The van der Waals surface area contributed by atoms with Crippen molar-refractivity contribution in [1.29, 1.82) is 0 Å². The smallest absolute Gasteiger partial charge is 0.260 e. The molecule has 0 aromatic heterocycles. The first-order valence-corrected chi connectivity index (χ1v) is 9.49. The summed E-state index contributed by atoms with van der Waals surface area (Å²) in [6.45, 7) is 3.59. The molecule has 0 aromatic carbocycles. The Kier molecular flexibility index (Phi) is 3.33. The van der Waals surface area contributed by atoms with Gasteiger partial charge < -0.3 is 4.74 Å². The van der Waals surface area contributed by atoms with E-state index < -0.39 is 45.6 Å². The average Bonchev–Trinajstić information content (AvgIpc) is 3.29. The molecule has 8 atom stereocenters. The van der Waals surface area contributed by atoms with Crippen molar-refractivity contribution in [2.45, 2.75) is 28.4 Å². The summed E-state index contributed by atoms with van der Waals surface area (Å²) in [5, 5.41) is 1.49. The molecule has 3 aliphatic heterocycles. The number of alkyl halides is 2. The predicted octanol–water partition coefficient (Wildman–Crippen LogP) is 2.78. The maximum absolute atomic E-state index is 12.7. The molecule has 5 aliphatic rings. The van der Waals surface area contributed by atoms with Crippen molar-refractivity contribution in [3.8, 4) is 0 Å². The Bertz CT molecular complexity index is 717. The number of rotatable bonds is 3. The Morgan fingerprint density at radius 3 is 2.04 bits per heavy atom. The Morgan fingerprint density at radius 2 is 1.60 bits per heavy atom. The first-order chi connectivity index (χ1) is 11.8. The second-order valence-electron chi connectivity index (χ2n) is 7.25. The zero-order chi connectivity index (χ0) is 17.9. The highest BCUT2D eigenvalue weighted by molar-refractivity contribution is 6.51. The first-order valence-electron chi connectivity index (χ1n) is 7.98. The van der Waals surface area contributed by atoms with Crippen molar-refractivity contribution < 1.29 is 19.2 Å². The van der Waals surface area contributed by atoms with Crippen LogP contribution in [-0.2, 0) is 19.2 Å². The molecule has 9 heteroatoms. The van der Waals surface area contributed by atoms with Crippen LogP contribution < -0.4 is 0 Å². The topological polar surface area (TPSA) is 55.8 Å². The van der Waals surface area contributed by atoms with E-state index in [1.54, 1.807) is 0 Å². The van der Waals surface area contributed by atoms with Crippen LogP contribution >= 0.6 is 46.4 Å². The fourth-order valence-electron chi connectivity index (χ4n) is 5.52. The highest BCUT2D eigenvalue weighted by atomic mass is 35.5. The largest absolute Gasteiger partial charge is 0.373 e. The molecule has 0 radical (unpaired) electrons. The molecule has 1 saturated carbocycles. The van der Waals surface area contributed by atoms with E-state index in [-0.39, 0.29) is 18.4 Å². The van der Waals surface area contributed by atoms with Crippen LogP contribution in [0.1, 0.15) is 6.42 Å². The normalized spacial score (nSPS) is 52.4. The van der Waals surface area contributed by atoms with Gasteiger partial charge >= 0.3 is 0 Å². The molecule has 25 heavy (non-hydrogen) atoms. The van der Waals surface area contributed by atoms with E-state index in [2.05, 4.69) is 6.58 Å². The fraction of sp³-hybridized carbons (Fsp3) is 0.625. The molecule has 2 aliphatic carbocycles. The number of allylic oxidation sites excluding steroid dienone is 2. The van der Waals surface area contributed by atoms with Gasteiger partial charge in [-0.05, 0) is 6.42 Å². The van der Waals surface area contributed by atoms with Gasteiger partial charge in [0, 0.05) is 11.8 Å². The summed E-state index contributed by atoms with van der Waals surface area (Å²) in [6, 6.07) is 0. The number of amides is 2. The van der Waals surface area contributed by atoms with Gasteiger partial charge in [0.1, 0.15) is 0 Å². The highest BCUT2D eigenvalue weighted by Gasteiger charge is 2.82. The lowest BCUT2D eigenvalue weighted by Gasteiger charge is -2.40. The van der Waals surface area contributed by atoms with Crippen LogP contribution in [0, 0.1) is 23.7 Å². The number of carbonyl (C=O) groups excluding carboxylic acids is 2. The van der Waals surface area contributed by atoms with Crippen molar-refractivity contribution in [1.82, 2.24) is 5.06 Å². The molecule has 4 bridgehead atoms. The minimum Gasteiger partial charge on any atom is -0.373 e. The third-order valence-corrected chi connectivity index (χ3v) is 8.78. The van der Waals surface area contributed by atoms with E-state index in [1.165, 1.54) is 6.08 Å². The van der Waals surface area contributed by atoms with Crippen molar-refractivity contribution >= 4 is 58.2 Å². The number of halogens is 4. The molecule has 5 rings (SSSR count). The van der Waals surface area contributed by atoms with E-state index in [4.69, 9.17) is 56.0 Å². The Labute approximate surface area is 163 Å². The van der Waals surface area contributed by atoms with Crippen molar-refractivity contribution in [3.63, 3.8) is 0 Å². The zero-order valence-electron chi connectivity index (χ0n) is 12.8. The summed E-state index contributed by atoms with van der Waals surface area (Å²) in [7, 11) is 0. The molecule has 4 fully saturated rings. The minimum absolute atomic E-state index is 0.0675. The van der Waals surface area contributed by atoms with Gasteiger partial charge in [0.05, 0.1) is 50.5 Å². The van der Waals surface area contributed by atoms with E-state index in [0.29, 0.717) is 16.5 Å². The Morgan fingerprint density at radius 1 is 1.12 bits per heavy atom. The second kappa shape index (κ2) is 4.94. The van der Waals surface area contributed by atoms with Crippen LogP contribution in [0.15, 0.2) is 22.7 Å². The summed E-state index contributed by atoms with van der Waals surface area (Å²) in [6.07, 6.45) is 0.806. The van der Waals surface area contributed by atoms with Gasteiger partial charge in [-0.15, -0.1) is 29.8 Å². The molecule has 134 valence electrons. The summed E-state index contributed by atoms with van der Waals surface area (Å²) >= 11 is 26.4. The molecule has 2 amide bonds. The molecular formula is C16H13Cl4NO4. The molecule has 0 unspecified atom stereocenters. The van der Waals surface area contributed by atoms with Crippen LogP contribution in [0.2, 0.25) is 0 Å². The van der Waals surface area contributed by atoms with Gasteiger partial charge in [0.2, 0.25) is 0 Å². The van der Waals surface area contributed by atoms with Crippen LogP contribution in [0.5, 0.6) is 0 Å². The monoisotopic (exact) mass is 423 g/mol. The number of hydrogen-bond donors (Lipinski definition) is 0. The molecular weight excluding hydrogens is 412 g/mol. The third kappa shape index (κ3) is 1.67. The third-order valence-electron chi connectivity index (χ3n) is 6.29. The lowest BCUT2D eigenvalue weighted by atomic mass is 9.65. The number of imide groups is 1. The van der Waals surface area contributed by atoms with Crippen LogP contribution in [0.4, 0.5) is 0 Å². The van der Waals surface area contributed by atoms with Gasteiger partial charge in [0.25, 0.3) is 11.8 Å². The number of nitrogens with zero attached hydrogens (tertiary/aromatic N) is 1. The minimum atomic E-state index is -0.950. The van der Waals surface area contributed by atoms with Gasteiger partial charge in [0.15, 0.2) is 0 Å². The standard InChI is InChI=1S/C16H13Cl4NO4/c1-2-3-24-21-13(22)5-6(14(21)23)10-8-7(9(5)25-10)15(19)4-16(8,20)12(18)11(15)17/h2,5-10H,1,3-4H2/t5-,6+,7-,8-,9+,10+,15+,16+/m0/s1. The molecule has 5 nitrogen and oxygen atoms in total. The number of ether oxygens (including phenoxy) is 1. The van der Waals surface area contributed by atoms with Crippen molar-refractivity contribution in [2.24, 2.45) is 23.7 Å². The fourth-order valence-corrected chi connectivity index (χ4v) is 7.54. The van der Waals surface area contributed by atoms with Gasteiger partial charge in [-0.2, -0.15) is 5.06 Å².